The standard InChI is InChI=1S/2C9H7N.3C8H6N2/c1-2-6-9-8(4-1)5-3-7-10-9;1-2-4-9-7-10-6-5-8(9)3-1;1-2-4-8-7(3-1)5-9-6-10-8;1-2-4-8-7(3-1)9-5-6-10-8;1-2-4-8-7(3-1)5-6-9-10-8/h2*1-7H;3*1-6H. The zero-order valence-corrected chi connectivity index (χ0v) is 27.1. The maximum absolute atomic E-state index is 4.18. The summed E-state index contributed by atoms with van der Waals surface area (Å²) >= 11 is 0. The summed E-state index contributed by atoms with van der Waals surface area (Å²) in [5, 5.41) is 13.6. The molecule has 0 N–H and O–H groups in total. The van der Waals surface area contributed by atoms with Gasteiger partial charge in [0.05, 0.1) is 33.8 Å². The van der Waals surface area contributed by atoms with E-state index in [0.29, 0.717) is 0 Å². The minimum absolute atomic E-state index is 0.949. The zero-order chi connectivity index (χ0) is 34.1. The van der Waals surface area contributed by atoms with E-state index in [9.17, 15) is 0 Å². The van der Waals surface area contributed by atoms with E-state index in [-0.39, 0.29) is 0 Å². The molecule has 0 saturated carbocycles. The van der Waals surface area contributed by atoms with Gasteiger partial charge in [0.2, 0.25) is 0 Å². The van der Waals surface area contributed by atoms with Crippen molar-refractivity contribution in [2.24, 2.45) is 0 Å². The average Bonchev–Trinajstić information content (AvgIpc) is 3.22. The van der Waals surface area contributed by atoms with Crippen LogP contribution in [0.1, 0.15) is 0 Å². The highest BCUT2D eigenvalue weighted by atomic mass is 15.1. The number of para-hydroxylation sites is 4. The molecule has 0 bridgehead atoms. The van der Waals surface area contributed by atoms with Gasteiger partial charge in [0, 0.05) is 53.3 Å². The van der Waals surface area contributed by atoms with Crippen molar-refractivity contribution in [3.63, 3.8) is 0 Å². The third-order valence-corrected chi connectivity index (χ3v) is 7.27. The number of aromatic nitrogens is 8. The summed E-state index contributed by atoms with van der Waals surface area (Å²) in [5.74, 6) is 0. The molecular weight excluding hydrogens is 617 g/mol. The van der Waals surface area contributed by atoms with E-state index in [1.165, 1.54) is 16.2 Å². The zero-order valence-electron chi connectivity index (χ0n) is 27.1. The number of pyridine rings is 2. The van der Waals surface area contributed by atoms with Crippen molar-refractivity contribution in [2.45, 2.75) is 0 Å². The second-order valence-electron chi connectivity index (χ2n) is 10.6. The van der Waals surface area contributed by atoms with E-state index in [1.54, 1.807) is 24.9 Å². The van der Waals surface area contributed by atoms with E-state index >= 15 is 0 Å². The second-order valence-corrected chi connectivity index (χ2v) is 10.6. The van der Waals surface area contributed by atoms with Gasteiger partial charge in [-0.1, -0.05) is 97.1 Å². The van der Waals surface area contributed by atoms with Crippen molar-refractivity contribution >= 4 is 54.5 Å². The molecule has 0 unspecified atom stereocenters. The van der Waals surface area contributed by atoms with Crippen LogP contribution in [0.3, 0.4) is 0 Å². The molecule has 0 aliphatic rings. The summed E-state index contributed by atoms with van der Waals surface area (Å²) in [6, 6.07) is 47.9. The number of hydrogen-bond donors (Lipinski definition) is 0. The first-order valence-corrected chi connectivity index (χ1v) is 15.9. The molecule has 8 nitrogen and oxygen atoms in total. The smallest absolute Gasteiger partial charge is 0.116 e. The van der Waals surface area contributed by atoms with Crippen molar-refractivity contribution in [3.05, 3.63) is 195 Å². The fourth-order valence-corrected chi connectivity index (χ4v) is 4.80. The molecule has 10 rings (SSSR count). The number of benzene rings is 5. The van der Waals surface area contributed by atoms with Crippen LogP contribution in [-0.4, -0.2) is 40.1 Å². The van der Waals surface area contributed by atoms with Gasteiger partial charge in [0.15, 0.2) is 0 Å². The maximum atomic E-state index is 4.18. The number of fused-ring (bicyclic) bond motifs is 5. The summed E-state index contributed by atoms with van der Waals surface area (Å²) in [6.45, 7) is 0. The van der Waals surface area contributed by atoms with Crippen molar-refractivity contribution in [1.29, 1.82) is 0 Å². The lowest BCUT2D eigenvalue weighted by atomic mass is 10.2. The molecule has 0 saturated heterocycles. The van der Waals surface area contributed by atoms with E-state index in [2.05, 4.69) is 64.4 Å². The molecule has 5 heterocycles. The Morgan fingerprint density at radius 2 is 0.760 bits per heavy atom. The molecular formula is C42H32N8. The molecule has 10 aromatic rings. The third-order valence-electron chi connectivity index (χ3n) is 7.27. The van der Waals surface area contributed by atoms with Crippen LogP contribution in [-0.2, 0) is 0 Å². The highest BCUT2D eigenvalue weighted by molar-refractivity contribution is 5.81. The predicted octanol–water partition coefficient (Wildman–Crippen LogP) is 9.36. The van der Waals surface area contributed by atoms with E-state index in [1.807, 2.05) is 146 Å². The highest BCUT2D eigenvalue weighted by Crippen LogP contribution is 2.11. The Morgan fingerprint density at radius 1 is 0.280 bits per heavy atom. The normalized spacial score (nSPS) is 10.0. The summed E-state index contributed by atoms with van der Waals surface area (Å²) in [6.07, 6.45) is 13.9. The first-order chi connectivity index (χ1) is 24.8. The van der Waals surface area contributed by atoms with Crippen LogP contribution in [0.25, 0.3) is 54.5 Å². The van der Waals surface area contributed by atoms with E-state index in [0.717, 1.165) is 38.4 Å². The molecule has 0 radical (unpaired) electrons. The van der Waals surface area contributed by atoms with Gasteiger partial charge in [-0.3, -0.25) is 19.9 Å². The number of rotatable bonds is 0. The Morgan fingerprint density at radius 3 is 1.40 bits per heavy atom. The van der Waals surface area contributed by atoms with Crippen LogP contribution in [0, 0.1) is 0 Å². The Labute approximate surface area is 289 Å². The van der Waals surface area contributed by atoms with Gasteiger partial charge in [-0.15, -0.1) is 0 Å². The summed E-state index contributed by atoms with van der Waals surface area (Å²) in [5.41, 5.74) is 4.91. The van der Waals surface area contributed by atoms with Crippen LogP contribution in [0.5, 0.6) is 0 Å². The summed E-state index contributed by atoms with van der Waals surface area (Å²) < 4.78 is 0. The highest BCUT2D eigenvalue weighted by Gasteiger charge is 1.91. The molecule has 240 valence electrons. The lowest BCUT2D eigenvalue weighted by molar-refractivity contribution is 1.08. The van der Waals surface area contributed by atoms with E-state index in [4.69, 9.17) is 0 Å². The fraction of sp³-hybridized carbons (Fsp3) is 0. The van der Waals surface area contributed by atoms with Gasteiger partial charge in [0.1, 0.15) is 6.33 Å². The molecule has 5 aromatic heterocycles. The van der Waals surface area contributed by atoms with Gasteiger partial charge < -0.3 is 0 Å². The van der Waals surface area contributed by atoms with Crippen molar-refractivity contribution in [2.75, 3.05) is 0 Å². The maximum Gasteiger partial charge on any atom is 0.116 e. The molecule has 0 atom stereocenters. The quantitative estimate of drug-likeness (QED) is 0.160. The second kappa shape index (κ2) is 17.7. The largest absolute Gasteiger partial charge is 0.264 e. The average molecular weight is 649 g/mol. The third kappa shape index (κ3) is 9.49. The Kier molecular flexibility index (Phi) is 11.7. The molecule has 0 aliphatic carbocycles. The molecule has 8 heteroatoms. The minimum Gasteiger partial charge on any atom is -0.264 e. The van der Waals surface area contributed by atoms with Crippen molar-refractivity contribution in [1.82, 2.24) is 40.1 Å². The first-order valence-electron chi connectivity index (χ1n) is 15.9. The van der Waals surface area contributed by atoms with Crippen LogP contribution < -0.4 is 0 Å². The minimum atomic E-state index is 0.949. The van der Waals surface area contributed by atoms with Gasteiger partial charge >= 0.3 is 0 Å². The Bertz CT molecular complexity index is 1800. The van der Waals surface area contributed by atoms with Crippen LogP contribution in [0.15, 0.2) is 195 Å². The molecule has 5 aromatic carbocycles. The predicted molar refractivity (Wildman–Crippen MR) is 202 cm³/mol. The van der Waals surface area contributed by atoms with Gasteiger partial charge in [0.25, 0.3) is 0 Å². The summed E-state index contributed by atoms with van der Waals surface area (Å²) in [4.78, 5) is 24.4. The first kappa shape index (κ1) is 32.9. The van der Waals surface area contributed by atoms with E-state index < -0.39 is 0 Å². The molecule has 50 heavy (non-hydrogen) atoms. The van der Waals surface area contributed by atoms with Crippen LogP contribution in [0.4, 0.5) is 0 Å². The molecule has 0 amide bonds. The van der Waals surface area contributed by atoms with Gasteiger partial charge in [-0.2, -0.15) is 10.2 Å². The van der Waals surface area contributed by atoms with Crippen LogP contribution >= 0.6 is 0 Å². The van der Waals surface area contributed by atoms with Crippen molar-refractivity contribution in [3.8, 4) is 0 Å². The number of nitrogens with zero attached hydrogens (tertiary/aromatic N) is 8. The number of hydrogen-bond acceptors (Lipinski definition) is 8. The van der Waals surface area contributed by atoms with Crippen molar-refractivity contribution < 1.29 is 0 Å². The van der Waals surface area contributed by atoms with Crippen LogP contribution in [0.2, 0.25) is 0 Å². The monoisotopic (exact) mass is 648 g/mol. The lowest BCUT2D eigenvalue weighted by Crippen LogP contribution is -1.79. The molecule has 0 fully saturated rings. The molecule has 0 spiro atoms. The molecule has 0 aliphatic heterocycles. The Balaban J connectivity index is 0.000000108. The Hall–Kier alpha value is -7.06. The van der Waals surface area contributed by atoms with Gasteiger partial charge in [-0.05, 0) is 59.3 Å². The topological polar surface area (TPSA) is 103 Å². The summed E-state index contributed by atoms with van der Waals surface area (Å²) in [7, 11) is 0. The lowest BCUT2D eigenvalue weighted by Gasteiger charge is -1.91. The van der Waals surface area contributed by atoms with Gasteiger partial charge in [-0.25, -0.2) is 9.97 Å². The fourth-order valence-electron chi connectivity index (χ4n) is 4.80. The SMILES string of the molecule is c1ccc2cnccc2c1.c1ccc2ncccc2c1.c1ccc2nccnc2c1.c1ccc2ncncc2c1.c1ccc2nnccc2c1.